The zero-order valence-corrected chi connectivity index (χ0v) is 10.3. The topological polar surface area (TPSA) is 58.6 Å². The van der Waals surface area contributed by atoms with Crippen molar-refractivity contribution in [3.8, 4) is 0 Å². The molecule has 2 unspecified atom stereocenters. The molecule has 0 radical (unpaired) electrons. The van der Waals surface area contributed by atoms with E-state index in [0.717, 1.165) is 6.42 Å². The van der Waals surface area contributed by atoms with Crippen molar-refractivity contribution in [1.82, 2.24) is 5.32 Å². The van der Waals surface area contributed by atoms with Crippen LogP contribution in [-0.2, 0) is 4.74 Å². The Morgan fingerprint density at radius 2 is 2.00 bits per heavy atom. The molecule has 90 valence electrons. The Hall–Kier alpha value is -0.770. The molecular weight excluding hydrogens is 194 g/mol. The first-order valence-electron chi connectivity index (χ1n) is 5.44. The van der Waals surface area contributed by atoms with Gasteiger partial charge in [0, 0.05) is 0 Å². The summed E-state index contributed by atoms with van der Waals surface area (Å²) in [5, 5.41) is 12.2. The molecule has 0 bridgehead atoms. The highest BCUT2D eigenvalue weighted by Gasteiger charge is 2.20. The number of carbonyl (C=O) groups excluding carboxylic acids is 1. The van der Waals surface area contributed by atoms with Gasteiger partial charge in [0.15, 0.2) is 0 Å². The summed E-state index contributed by atoms with van der Waals surface area (Å²) < 4.78 is 5.08. The average molecular weight is 217 g/mol. The molecule has 0 aromatic rings. The lowest BCUT2D eigenvalue weighted by Gasteiger charge is -2.24. The molecule has 4 heteroatoms. The van der Waals surface area contributed by atoms with Crippen molar-refractivity contribution >= 4 is 6.09 Å². The second-order valence-corrected chi connectivity index (χ2v) is 4.79. The summed E-state index contributed by atoms with van der Waals surface area (Å²) in [4.78, 5) is 11.3. The molecule has 15 heavy (non-hydrogen) atoms. The fraction of sp³-hybridized carbons (Fsp3) is 0.909. The van der Waals surface area contributed by atoms with Gasteiger partial charge in [0.2, 0.25) is 0 Å². The van der Waals surface area contributed by atoms with E-state index in [1.807, 2.05) is 6.92 Å². The van der Waals surface area contributed by atoms with Crippen molar-refractivity contribution < 1.29 is 14.6 Å². The van der Waals surface area contributed by atoms with Gasteiger partial charge < -0.3 is 15.2 Å². The number of alkyl carbamates (subject to hydrolysis) is 1. The average Bonchev–Trinajstić information content (AvgIpc) is 2.00. The summed E-state index contributed by atoms with van der Waals surface area (Å²) in [5.41, 5.74) is -0.500. The molecule has 0 aromatic carbocycles. The molecule has 0 fully saturated rings. The van der Waals surface area contributed by atoms with Crippen LogP contribution in [0.5, 0.6) is 0 Å². The van der Waals surface area contributed by atoms with Crippen LogP contribution in [0.1, 0.15) is 47.5 Å². The van der Waals surface area contributed by atoms with Gasteiger partial charge in [0.05, 0.1) is 12.1 Å². The van der Waals surface area contributed by atoms with E-state index < -0.39 is 17.8 Å². The van der Waals surface area contributed by atoms with Gasteiger partial charge in [0.25, 0.3) is 0 Å². The number of hydrogen-bond acceptors (Lipinski definition) is 3. The third kappa shape index (κ3) is 7.19. The summed E-state index contributed by atoms with van der Waals surface area (Å²) >= 11 is 0. The van der Waals surface area contributed by atoms with E-state index in [4.69, 9.17) is 4.74 Å². The van der Waals surface area contributed by atoms with Crippen LogP contribution >= 0.6 is 0 Å². The van der Waals surface area contributed by atoms with Crippen molar-refractivity contribution in [1.29, 1.82) is 0 Å². The Bertz CT molecular complexity index is 198. The van der Waals surface area contributed by atoms with Gasteiger partial charge in [0.1, 0.15) is 5.60 Å². The molecule has 2 atom stereocenters. The first-order valence-corrected chi connectivity index (χ1v) is 5.44. The third-order valence-electron chi connectivity index (χ3n) is 1.91. The zero-order valence-electron chi connectivity index (χ0n) is 10.3. The lowest BCUT2D eigenvalue weighted by molar-refractivity contribution is 0.0428. The Kier molecular flexibility index (Phi) is 5.65. The van der Waals surface area contributed by atoms with Crippen molar-refractivity contribution in [2.24, 2.45) is 0 Å². The lowest BCUT2D eigenvalue weighted by atomic mass is 10.1. The minimum Gasteiger partial charge on any atom is -0.444 e. The van der Waals surface area contributed by atoms with E-state index in [1.54, 1.807) is 27.7 Å². The van der Waals surface area contributed by atoms with Crippen LogP contribution < -0.4 is 5.32 Å². The number of ether oxygens (including phenoxy) is 1. The first kappa shape index (κ1) is 14.2. The highest BCUT2D eigenvalue weighted by molar-refractivity contribution is 5.68. The van der Waals surface area contributed by atoms with Gasteiger partial charge in [-0.2, -0.15) is 0 Å². The number of aliphatic hydroxyl groups excluding tert-OH is 1. The number of carbonyl (C=O) groups is 1. The summed E-state index contributed by atoms with van der Waals surface area (Å²) in [6, 6.07) is -0.278. The van der Waals surface area contributed by atoms with Crippen LogP contribution in [0.3, 0.4) is 0 Å². The Labute approximate surface area is 92.0 Å². The van der Waals surface area contributed by atoms with E-state index in [9.17, 15) is 9.90 Å². The van der Waals surface area contributed by atoms with Crippen LogP contribution in [0.15, 0.2) is 0 Å². The fourth-order valence-corrected chi connectivity index (χ4v) is 1.14. The SMILES string of the molecule is CCCC(O)C(C)NC(=O)OC(C)(C)C. The monoisotopic (exact) mass is 217 g/mol. The molecule has 0 spiro atoms. The number of nitrogens with one attached hydrogen (secondary N) is 1. The van der Waals surface area contributed by atoms with Gasteiger partial charge in [-0.25, -0.2) is 4.79 Å². The van der Waals surface area contributed by atoms with Crippen LogP contribution in [-0.4, -0.2) is 28.9 Å². The highest BCUT2D eigenvalue weighted by Crippen LogP contribution is 2.08. The largest absolute Gasteiger partial charge is 0.444 e. The van der Waals surface area contributed by atoms with Crippen molar-refractivity contribution in [2.75, 3.05) is 0 Å². The number of rotatable bonds is 4. The maximum absolute atomic E-state index is 11.3. The normalized spacial score (nSPS) is 15.6. The highest BCUT2D eigenvalue weighted by atomic mass is 16.6. The predicted octanol–water partition coefficient (Wildman–Crippen LogP) is 2.06. The molecule has 0 aromatic heterocycles. The smallest absolute Gasteiger partial charge is 0.407 e. The van der Waals surface area contributed by atoms with E-state index >= 15 is 0 Å². The summed E-state index contributed by atoms with van der Waals surface area (Å²) in [6.45, 7) is 9.17. The van der Waals surface area contributed by atoms with E-state index in [2.05, 4.69) is 5.32 Å². The van der Waals surface area contributed by atoms with Crippen LogP contribution in [0, 0.1) is 0 Å². The fourth-order valence-electron chi connectivity index (χ4n) is 1.14. The maximum Gasteiger partial charge on any atom is 0.407 e. The molecule has 0 heterocycles. The molecule has 0 rings (SSSR count). The minimum atomic E-state index is -0.512. The molecule has 1 amide bonds. The van der Waals surface area contributed by atoms with Gasteiger partial charge in [-0.3, -0.25) is 0 Å². The molecule has 2 N–H and O–H groups in total. The molecular formula is C11H23NO3. The molecule has 0 aliphatic heterocycles. The number of hydrogen-bond donors (Lipinski definition) is 2. The van der Waals surface area contributed by atoms with Crippen molar-refractivity contribution in [3.63, 3.8) is 0 Å². The zero-order chi connectivity index (χ0) is 12.1. The van der Waals surface area contributed by atoms with E-state index in [0.29, 0.717) is 6.42 Å². The van der Waals surface area contributed by atoms with E-state index in [1.165, 1.54) is 0 Å². The van der Waals surface area contributed by atoms with Crippen LogP contribution in [0.4, 0.5) is 4.79 Å². The van der Waals surface area contributed by atoms with Gasteiger partial charge in [-0.1, -0.05) is 13.3 Å². The van der Waals surface area contributed by atoms with Gasteiger partial charge in [-0.05, 0) is 34.1 Å². The summed E-state index contributed by atoms with van der Waals surface area (Å²) in [7, 11) is 0. The number of amides is 1. The summed E-state index contributed by atoms with van der Waals surface area (Å²) in [6.07, 6.45) is 0.575. The molecule has 0 saturated carbocycles. The Morgan fingerprint density at radius 1 is 1.47 bits per heavy atom. The quantitative estimate of drug-likeness (QED) is 0.757. The maximum atomic E-state index is 11.3. The van der Waals surface area contributed by atoms with Crippen molar-refractivity contribution in [2.45, 2.75) is 65.2 Å². The van der Waals surface area contributed by atoms with Crippen molar-refractivity contribution in [3.05, 3.63) is 0 Å². The van der Waals surface area contributed by atoms with Gasteiger partial charge >= 0.3 is 6.09 Å². The lowest BCUT2D eigenvalue weighted by Crippen LogP contribution is -2.43. The Morgan fingerprint density at radius 3 is 2.40 bits per heavy atom. The van der Waals surface area contributed by atoms with Gasteiger partial charge in [-0.15, -0.1) is 0 Å². The molecule has 0 saturated heterocycles. The molecule has 0 aliphatic rings. The second-order valence-electron chi connectivity index (χ2n) is 4.79. The van der Waals surface area contributed by atoms with Crippen LogP contribution in [0.25, 0.3) is 0 Å². The molecule has 4 nitrogen and oxygen atoms in total. The second kappa shape index (κ2) is 5.95. The first-order chi connectivity index (χ1) is 6.76. The summed E-state index contributed by atoms with van der Waals surface area (Å²) in [5.74, 6) is 0. The predicted molar refractivity (Wildman–Crippen MR) is 59.7 cm³/mol. The standard InChI is InChI=1S/C11H23NO3/c1-6-7-9(13)8(2)12-10(14)15-11(3,4)5/h8-9,13H,6-7H2,1-5H3,(H,12,14). The van der Waals surface area contributed by atoms with Crippen LogP contribution in [0.2, 0.25) is 0 Å². The third-order valence-corrected chi connectivity index (χ3v) is 1.91. The number of aliphatic hydroxyl groups is 1. The van der Waals surface area contributed by atoms with E-state index in [-0.39, 0.29) is 6.04 Å². The Balaban J connectivity index is 3.96. The minimum absolute atomic E-state index is 0.278. The molecule has 0 aliphatic carbocycles.